The summed E-state index contributed by atoms with van der Waals surface area (Å²) in [4.78, 5) is 38.3. The van der Waals surface area contributed by atoms with Gasteiger partial charge in [-0.3, -0.25) is 14.2 Å². The van der Waals surface area contributed by atoms with Crippen molar-refractivity contribution in [3.05, 3.63) is 106 Å². The molecule has 0 radical (unpaired) electrons. The van der Waals surface area contributed by atoms with Crippen LogP contribution in [0.4, 0.5) is 17.6 Å². The van der Waals surface area contributed by atoms with Crippen LogP contribution in [0.1, 0.15) is 36.8 Å². The molecule has 4 aromatic rings. The quantitative estimate of drug-likeness (QED) is 0.159. The zero-order valence-corrected chi connectivity index (χ0v) is 21.9. The standard InChI is InChI=1S/C29H26F4N4O3/c1-18(35-40-3)17-36(26(38)16-20-8-10-21(11-9-20)29(31,32)33)19(2)27-34-25-7-5-4-6-24(25)28(39)37(27)23-14-12-22(30)13-15-23/h4-15,19H,16-17H2,1-3H3/b35-18+/t19-/m1/s1. The fourth-order valence-electron chi connectivity index (χ4n) is 4.37. The highest BCUT2D eigenvalue weighted by Gasteiger charge is 2.31. The molecule has 11 heteroatoms. The molecule has 0 saturated carbocycles. The molecule has 40 heavy (non-hydrogen) atoms. The summed E-state index contributed by atoms with van der Waals surface area (Å²) in [6.45, 7) is 3.32. The van der Waals surface area contributed by atoms with E-state index in [4.69, 9.17) is 9.82 Å². The number of halogens is 4. The zero-order chi connectivity index (χ0) is 29.0. The molecular weight excluding hydrogens is 528 g/mol. The van der Waals surface area contributed by atoms with E-state index >= 15 is 0 Å². The first-order valence-electron chi connectivity index (χ1n) is 12.3. The first-order valence-corrected chi connectivity index (χ1v) is 12.3. The molecule has 0 saturated heterocycles. The van der Waals surface area contributed by atoms with Gasteiger partial charge in [-0.25, -0.2) is 9.37 Å². The van der Waals surface area contributed by atoms with Crippen molar-refractivity contribution in [1.29, 1.82) is 0 Å². The number of benzene rings is 3. The molecule has 1 aromatic heterocycles. The summed E-state index contributed by atoms with van der Waals surface area (Å²) < 4.78 is 54.1. The molecule has 1 heterocycles. The summed E-state index contributed by atoms with van der Waals surface area (Å²) in [5.41, 5.74) is 0.344. The summed E-state index contributed by atoms with van der Waals surface area (Å²) in [6.07, 6.45) is -4.71. The fourth-order valence-corrected chi connectivity index (χ4v) is 4.37. The van der Waals surface area contributed by atoms with E-state index in [1.807, 2.05) is 0 Å². The minimum Gasteiger partial charge on any atom is -0.399 e. The van der Waals surface area contributed by atoms with Gasteiger partial charge in [0.1, 0.15) is 18.8 Å². The van der Waals surface area contributed by atoms with Gasteiger partial charge >= 0.3 is 6.18 Å². The van der Waals surface area contributed by atoms with Crippen LogP contribution in [0.3, 0.4) is 0 Å². The molecule has 0 aliphatic rings. The Kier molecular flexibility index (Phi) is 8.32. The van der Waals surface area contributed by atoms with Crippen molar-refractivity contribution in [2.75, 3.05) is 13.7 Å². The van der Waals surface area contributed by atoms with Crippen LogP contribution in [0.2, 0.25) is 0 Å². The number of carbonyl (C=O) groups is 1. The first kappa shape index (κ1) is 28.5. The number of hydrogen-bond acceptors (Lipinski definition) is 5. The number of oxime groups is 1. The summed E-state index contributed by atoms with van der Waals surface area (Å²) >= 11 is 0. The number of amides is 1. The highest BCUT2D eigenvalue weighted by Crippen LogP contribution is 2.29. The number of nitrogens with zero attached hydrogens (tertiary/aromatic N) is 4. The molecule has 0 N–H and O–H groups in total. The van der Waals surface area contributed by atoms with Gasteiger partial charge in [-0.1, -0.05) is 29.4 Å². The molecule has 0 unspecified atom stereocenters. The van der Waals surface area contributed by atoms with E-state index in [-0.39, 0.29) is 18.8 Å². The van der Waals surface area contributed by atoms with Gasteiger partial charge in [-0.2, -0.15) is 13.2 Å². The molecule has 7 nitrogen and oxygen atoms in total. The SMILES string of the molecule is CO/N=C(\C)CN(C(=O)Cc1ccc(C(F)(F)F)cc1)[C@H](C)c1nc2ccccc2c(=O)n1-c1ccc(F)cc1. The molecule has 1 amide bonds. The van der Waals surface area contributed by atoms with Crippen molar-refractivity contribution in [3.63, 3.8) is 0 Å². The van der Waals surface area contributed by atoms with Crippen LogP contribution >= 0.6 is 0 Å². The summed E-state index contributed by atoms with van der Waals surface area (Å²) in [5, 5.41) is 4.23. The number of hydrogen-bond donors (Lipinski definition) is 0. The number of alkyl halides is 3. The molecule has 0 aliphatic carbocycles. The molecule has 0 spiro atoms. The van der Waals surface area contributed by atoms with Gasteiger partial charge in [0, 0.05) is 0 Å². The molecule has 4 rings (SSSR count). The van der Waals surface area contributed by atoms with Crippen LogP contribution in [-0.4, -0.2) is 39.7 Å². The second kappa shape index (κ2) is 11.7. The lowest BCUT2D eigenvalue weighted by Gasteiger charge is -2.30. The maximum absolute atomic E-state index is 13.7. The normalized spacial score (nSPS) is 12.8. The van der Waals surface area contributed by atoms with E-state index in [0.29, 0.717) is 27.9 Å². The smallest absolute Gasteiger partial charge is 0.399 e. The van der Waals surface area contributed by atoms with Gasteiger partial charge in [-0.15, -0.1) is 0 Å². The summed E-state index contributed by atoms with van der Waals surface area (Å²) in [5.74, 6) is -0.716. The van der Waals surface area contributed by atoms with Crippen LogP contribution in [0.25, 0.3) is 16.6 Å². The highest BCUT2D eigenvalue weighted by molar-refractivity contribution is 5.89. The van der Waals surface area contributed by atoms with E-state index in [9.17, 15) is 27.2 Å². The number of fused-ring (bicyclic) bond motifs is 1. The molecule has 0 bridgehead atoms. The van der Waals surface area contributed by atoms with E-state index < -0.39 is 35.1 Å². The van der Waals surface area contributed by atoms with Crippen LogP contribution in [-0.2, 0) is 22.2 Å². The zero-order valence-electron chi connectivity index (χ0n) is 21.9. The third-order valence-electron chi connectivity index (χ3n) is 6.33. The van der Waals surface area contributed by atoms with E-state index in [2.05, 4.69) is 5.16 Å². The highest BCUT2D eigenvalue weighted by atomic mass is 19.4. The largest absolute Gasteiger partial charge is 0.416 e. The summed E-state index contributed by atoms with van der Waals surface area (Å²) in [7, 11) is 1.36. The first-order chi connectivity index (χ1) is 19.0. The minimum absolute atomic E-state index is 0.0133. The Balaban J connectivity index is 1.80. The van der Waals surface area contributed by atoms with Crippen molar-refractivity contribution in [1.82, 2.24) is 14.5 Å². The van der Waals surface area contributed by atoms with Gasteiger partial charge in [0.05, 0.1) is 46.9 Å². The molecule has 1 atom stereocenters. The Bertz CT molecular complexity index is 1600. The van der Waals surface area contributed by atoms with Gasteiger partial charge in [-0.05, 0) is 67.9 Å². The van der Waals surface area contributed by atoms with Gasteiger partial charge in [0.15, 0.2) is 0 Å². The topological polar surface area (TPSA) is 76.8 Å². The monoisotopic (exact) mass is 554 g/mol. The third kappa shape index (κ3) is 6.19. The van der Waals surface area contributed by atoms with Gasteiger partial charge in [0.25, 0.3) is 5.56 Å². The molecular formula is C29H26F4N4O3. The lowest BCUT2D eigenvalue weighted by Crippen LogP contribution is -2.40. The van der Waals surface area contributed by atoms with Gasteiger partial charge in [0.2, 0.25) is 5.91 Å². The molecule has 0 aliphatic heterocycles. The van der Waals surface area contributed by atoms with Crippen LogP contribution < -0.4 is 5.56 Å². The molecule has 0 fully saturated rings. The van der Waals surface area contributed by atoms with Crippen LogP contribution in [0.5, 0.6) is 0 Å². The van der Waals surface area contributed by atoms with Crippen molar-refractivity contribution < 1.29 is 27.2 Å². The Morgan fingerprint density at radius 2 is 1.70 bits per heavy atom. The second-order valence-corrected chi connectivity index (χ2v) is 9.18. The Morgan fingerprint density at radius 3 is 2.33 bits per heavy atom. The minimum atomic E-state index is -4.50. The Morgan fingerprint density at radius 1 is 1.05 bits per heavy atom. The fraction of sp³-hybridized carbons (Fsp3) is 0.241. The van der Waals surface area contributed by atoms with Crippen LogP contribution in [0, 0.1) is 5.82 Å². The predicted octanol–water partition coefficient (Wildman–Crippen LogP) is 5.70. The maximum atomic E-state index is 13.7. The summed E-state index contributed by atoms with van der Waals surface area (Å²) in [6, 6.07) is 15.6. The second-order valence-electron chi connectivity index (χ2n) is 9.18. The third-order valence-corrected chi connectivity index (χ3v) is 6.33. The van der Waals surface area contributed by atoms with Crippen LogP contribution in [0.15, 0.2) is 82.7 Å². The number of para-hydroxylation sites is 1. The average Bonchev–Trinajstić information content (AvgIpc) is 2.92. The number of aromatic nitrogens is 2. The van der Waals surface area contributed by atoms with Crippen molar-refractivity contribution >= 4 is 22.5 Å². The van der Waals surface area contributed by atoms with Crippen molar-refractivity contribution in [2.45, 2.75) is 32.5 Å². The maximum Gasteiger partial charge on any atom is 0.416 e. The van der Waals surface area contributed by atoms with Crippen molar-refractivity contribution in [2.24, 2.45) is 5.16 Å². The molecule has 208 valence electrons. The lowest BCUT2D eigenvalue weighted by atomic mass is 10.1. The average molecular weight is 555 g/mol. The van der Waals surface area contributed by atoms with E-state index in [1.54, 1.807) is 38.1 Å². The Hall–Kier alpha value is -4.54. The van der Waals surface area contributed by atoms with E-state index in [1.165, 1.54) is 53.0 Å². The van der Waals surface area contributed by atoms with Gasteiger partial charge < -0.3 is 9.74 Å². The molecule has 3 aromatic carbocycles. The number of carbonyl (C=O) groups excluding carboxylic acids is 1. The lowest BCUT2D eigenvalue weighted by molar-refractivity contribution is -0.137. The van der Waals surface area contributed by atoms with Crippen molar-refractivity contribution in [3.8, 4) is 5.69 Å². The van der Waals surface area contributed by atoms with E-state index in [0.717, 1.165) is 12.1 Å². The predicted molar refractivity (Wildman–Crippen MR) is 143 cm³/mol. The number of rotatable bonds is 8. The Labute approximate surface area is 227 Å².